The molecule has 3 nitrogen and oxygen atoms in total. The van der Waals surface area contributed by atoms with E-state index in [1.807, 2.05) is 72.8 Å². The van der Waals surface area contributed by atoms with Gasteiger partial charge >= 0.3 is 0 Å². The van der Waals surface area contributed by atoms with E-state index >= 15 is 0 Å². The van der Waals surface area contributed by atoms with Gasteiger partial charge in [-0.25, -0.2) is 4.98 Å². The van der Waals surface area contributed by atoms with E-state index in [2.05, 4.69) is 23.7 Å². The number of rotatable bonds is 1. The molecule has 0 unspecified atom stereocenters. The number of aromatic nitrogens is 1. The average Bonchev–Trinajstić information content (AvgIpc) is 2.79. The summed E-state index contributed by atoms with van der Waals surface area (Å²) in [6, 6.07) is 23.5. The summed E-state index contributed by atoms with van der Waals surface area (Å²) in [5.41, 5.74) is 4.17. The molecule has 0 bridgehead atoms. The Balaban J connectivity index is 1.60. The number of hydrogen-bond donors (Lipinski definition) is 0. The van der Waals surface area contributed by atoms with Crippen molar-refractivity contribution in [3.63, 3.8) is 0 Å². The van der Waals surface area contributed by atoms with Gasteiger partial charge in [0.15, 0.2) is 0 Å². The van der Waals surface area contributed by atoms with E-state index in [0.29, 0.717) is 25.1 Å². The van der Waals surface area contributed by atoms with Gasteiger partial charge < -0.3 is 4.90 Å². The summed E-state index contributed by atoms with van der Waals surface area (Å²) in [6.07, 6.45) is 0.600. The van der Waals surface area contributed by atoms with Crippen LogP contribution in [0.4, 0.5) is 0 Å². The Hall–Kier alpha value is -4.08. The third-order valence-corrected chi connectivity index (χ3v) is 5.24. The highest BCUT2D eigenvalue weighted by atomic mass is 16.2. The molecule has 1 amide bonds. The van der Waals surface area contributed by atoms with E-state index in [4.69, 9.17) is 4.98 Å². The van der Waals surface area contributed by atoms with E-state index in [1.54, 1.807) is 4.90 Å². The lowest BCUT2D eigenvalue weighted by Crippen LogP contribution is -2.32. The Labute approximate surface area is 175 Å². The Morgan fingerprint density at radius 3 is 2.00 bits per heavy atom. The van der Waals surface area contributed by atoms with Crippen molar-refractivity contribution in [2.45, 2.75) is 6.42 Å². The predicted molar refractivity (Wildman–Crippen MR) is 120 cm³/mol. The quantitative estimate of drug-likeness (QED) is 0.353. The summed E-state index contributed by atoms with van der Waals surface area (Å²) in [7, 11) is 0. The molecule has 2 heterocycles. The molecule has 1 aromatic heterocycles. The maximum absolute atomic E-state index is 13.7. The SMILES string of the molecule is O=C(c1c2ccccc2nc2ccccc12)N1CC#Cc2ccccc2C#CCC1. The normalized spacial score (nSPS) is 13.0. The van der Waals surface area contributed by atoms with Crippen LogP contribution in [0.25, 0.3) is 21.8 Å². The number of hydrogen-bond acceptors (Lipinski definition) is 2. The molecule has 0 saturated heterocycles. The predicted octanol–water partition coefficient (Wildman–Crippen LogP) is 4.64. The zero-order valence-electron chi connectivity index (χ0n) is 16.4. The van der Waals surface area contributed by atoms with Crippen LogP contribution in [0, 0.1) is 23.7 Å². The minimum absolute atomic E-state index is 0.0326. The van der Waals surface area contributed by atoms with Crippen LogP contribution in [0.5, 0.6) is 0 Å². The molecule has 3 aromatic carbocycles. The van der Waals surface area contributed by atoms with Gasteiger partial charge in [0.1, 0.15) is 0 Å². The number of fused-ring (bicyclic) bond motifs is 3. The van der Waals surface area contributed by atoms with Crippen LogP contribution in [-0.4, -0.2) is 28.9 Å². The highest BCUT2D eigenvalue weighted by Gasteiger charge is 2.21. The molecule has 1 aliphatic heterocycles. The summed E-state index contributed by atoms with van der Waals surface area (Å²) < 4.78 is 0. The minimum Gasteiger partial charge on any atom is -0.326 e. The molecule has 0 N–H and O–H groups in total. The summed E-state index contributed by atoms with van der Waals surface area (Å²) in [6.45, 7) is 0.896. The second kappa shape index (κ2) is 7.74. The van der Waals surface area contributed by atoms with Crippen molar-refractivity contribution in [3.8, 4) is 23.7 Å². The van der Waals surface area contributed by atoms with Crippen LogP contribution < -0.4 is 0 Å². The van der Waals surface area contributed by atoms with E-state index in [-0.39, 0.29) is 5.91 Å². The van der Waals surface area contributed by atoms with Gasteiger partial charge in [-0.1, -0.05) is 72.2 Å². The second-order valence-electron chi connectivity index (χ2n) is 7.15. The Bertz CT molecular complexity index is 1360. The highest BCUT2D eigenvalue weighted by Crippen LogP contribution is 2.27. The van der Waals surface area contributed by atoms with Crippen LogP contribution >= 0.6 is 0 Å². The number of pyridine rings is 1. The van der Waals surface area contributed by atoms with Crippen LogP contribution in [0.15, 0.2) is 72.8 Å². The second-order valence-corrected chi connectivity index (χ2v) is 7.15. The molecule has 0 spiro atoms. The fourth-order valence-electron chi connectivity index (χ4n) is 3.76. The highest BCUT2D eigenvalue weighted by molar-refractivity contribution is 6.16. The molecule has 5 rings (SSSR count). The van der Waals surface area contributed by atoms with Gasteiger partial charge in [-0.3, -0.25) is 4.79 Å². The van der Waals surface area contributed by atoms with E-state index in [0.717, 1.165) is 32.9 Å². The number of amides is 1. The molecule has 0 aliphatic carbocycles. The lowest BCUT2D eigenvalue weighted by Gasteiger charge is -2.21. The van der Waals surface area contributed by atoms with E-state index in [9.17, 15) is 4.79 Å². The van der Waals surface area contributed by atoms with Crippen molar-refractivity contribution >= 4 is 27.7 Å². The first kappa shape index (κ1) is 18.0. The van der Waals surface area contributed by atoms with Crippen LogP contribution in [0.3, 0.4) is 0 Å². The van der Waals surface area contributed by atoms with Crippen molar-refractivity contribution in [3.05, 3.63) is 89.5 Å². The van der Waals surface area contributed by atoms with Crippen LogP contribution in [-0.2, 0) is 0 Å². The van der Waals surface area contributed by atoms with Crippen molar-refractivity contribution in [1.29, 1.82) is 0 Å². The first-order valence-electron chi connectivity index (χ1n) is 9.95. The topological polar surface area (TPSA) is 33.2 Å². The van der Waals surface area contributed by atoms with Crippen molar-refractivity contribution in [1.82, 2.24) is 9.88 Å². The molecule has 0 radical (unpaired) electrons. The molecular weight excluding hydrogens is 368 g/mol. The van der Waals surface area contributed by atoms with Crippen LogP contribution in [0.2, 0.25) is 0 Å². The van der Waals surface area contributed by atoms with Gasteiger partial charge in [0.05, 0.1) is 23.1 Å². The molecule has 0 atom stereocenters. The maximum Gasteiger partial charge on any atom is 0.256 e. The Kier molecular flexibility index (Phi) is 4.64. The lowest BCUT2D eigenvalue weighted by molar-refractivity contribution is 0.0784. The van der Waals surface area contributed by atoms with Crippen molar-refractivity contribution in [2.75, 3.05) is 13.1 Å². The molecule has 1 aliphatic rings. The van der Waals surface area contributed by atoms with Gasteiger partial charge in [0, 0.05) is 34.9 Å². The van der Waals surface area contributed by atoms with Gasteiger partial charge in [-0.2, -0.15) is 0 Å². The fourth-order valence-corrected chi connectivity index (χ4v) is 3.76. The van der Waals surface area contributed by atoms with Gasteiger partial charge in [-0.05, 0) is 24.3 Å². The number of carbonyl (C=O) groups excluding carboxylic acids is 1. The van der Waals surface area contributed by atoms with Gasteiger partial charge in [-0.15, -0.1) is 0 Å². The number of carbonyl (C=O) groups is 1. The lowest BCUT2D eigenvalue weighted by atomic mass is 10.0. The summed E-state index contributed by atoms with van der Waals surface area (Å²) >= 11 is 0. The molecule has 0 fully saturated rings. The largest absolute Gasteiger partial charge is 0.326 e. The van der Waals surface area contributed by atoms with Crippen molar-refractivity contribution in [2.24, 2.45) is 0 Å². The van der Waals surface area contributed by atoms with Gasteiger partial charge in [0.25, 0.3) is 5.91 Å². The number of nitrogens with zero attached hydrogens (tertiary/aromatic N) is 2. The molecule has 0 saturated carbocycles. The minimum atomic E-state index is -0.0326. The fraction of sp³-hybridized carbons (Fsp3) is 0.111. The first-order chi connectivity index (χ1) is 14.8. The molecule has 30 heavy (non-hydrogen) atoms. The third kappa shape index (κ3) is 3.28. The molecule has 142 valence electrons. The standard InChI is InChI=1S/C27H18N2O/c30-27(29-18-8-7-12-20-10-1-2-11-21(20)13-9-19-29)26-22-14-3-5-16-24(22)28-25-17-6-4-15-23(25)26/h1-6,10-11,14-17H,8,18-19H2. The molecule has 4 aromatic rings. The average molecular weight is 386 g/mol. The smallest absolute Gasteiger partial charge is 0.256 e. The number of para-hydroxylation sites is 2. The number of benzene rings is 3. The van der Waals surface area contributed by atoms with Gasteiger partial charge in [0.2, 0.25) is 0 Å². The Morgan fingerprint density at radius 1 is 0.767 bits per heavy atom. The van der Waals surface area contributed by atoms with E-state index in [1.165, 1.54) is 0 Å². The Morgan fingerprint density at radius 2 is 1.33 bits per heavy atom. The van der Waals surface area contributed by atoms with Crippen LogP contribution in [0.1, 0.15) is 27.9 Å². The zero-order chi connectivity index (χ0) is 20.3. The maximum atomic E-state index is 13.7. The first-order valence-corrected chi connectivity index (χ1v) is 9.95. The van der Waals surface area contributed by atoms with Crippen molar-refractivity contribution < 1.29 is 4.79 Å². The summed E-state index contributed by atoms with van der Waals surface area (Å²) in [4.78, 5) is 20.2. The zero-order valence-corrected chi connectivity index (χ0v) is 16.4. The van der Waals surface area contributed by atoms with E-state index < -0.39 is 0 Å². The molecular formula is C27H18N2O. The summed E-state index contributed by atoms with van der Waals surface area (Å²) in [5, 5.41) is 1.73. The third-order valence-electron chi connectivity index (χ3n) is 5.24. The summed E-state index contributed by atoms with van der Waals surface area (Å²) in [5.74, 6) is 12.7. The molecule has 3 heteroatoms. The monoisotopic (exact) mass is 386 g/mol.